The van der Waals surface area contributed by atoms with Crippen LogP contribution in [0.25, 0.3) is 0 Å². The first-order valence-electron chi connectivity index (χ1n) is 16.5. The third-order valence-electron chi connectivity index (χ3n) is 6.22. The van der Waals surface area contributed by atoms with Gasteiger partial charge in [0.1, 0.15) is 5.78 Å². The summed E-state index contributed by atoms with van der Waals surface area (Å²) in [5.41, 5.74) is 0. The molecule has 0 heterocycles. The lowest BCUT2D eigenvalue weighted by atomic mass is 10.1. The highest BCUT2D eigenvalue weighted by Gasteiger charge is 2.10. The fraction of sp³-hybridized carbons (Fsp3) is 0.903. The number of likely N-dealkylation sites (N-methyl/N-ethyl adjacent to an activating group) is 1. The van der Waals surface area contributed by atoms with Crippen LogP contribution in [0.5, 0.6) is 0 Å². The van der Waals surface area contributed by atoms with Gasteiger partial charge in [-0.05, 0) is 33.2 Å². The molecule has 0 bridgehead atoms. The molecule has 0 aliphatic heterocycles. The minimum atomic E-state index is -0.107. The Kier molecular flexibility index (Phi) is 36.5. The number of ketones is 1. The van der Waals surface area contributed by atoms with Crippen LogP contribution in [0.4, 0.5) is 0 Å². The number of hydrogen-bond donors (Lipinski definition) is 3. The van der Waals surface area contributed by atoms with Crippen LogP contribution < -0.4 is 16.0 Å². The van der Waals surface area contributed by atoms with E-state index < -0.39 is 0 Å². The lowest BCUT2D eigenvalue weighted by Crippen LogP contribution is -2.32. The monoisotopic (exact) mass is 745 g/mol. The number of nitrogens with one attached hydrogen (secondary N) is 3. The van der Waals surface area contributed by atoms with Crippen LogP contribution in [0.2, 0.25) is 0 Å². The molecule has 15 nitrogen and oxygen atoms in total. The van der Waals surface area contributed by atoms with E-state index in [1.807, 2.05) is 0 Å². The maximum absolute atomic E-state index is 11.8. The van der Waals surface area contributed by atoms with Crippen LogP contribution in [0.15, 0.2) is 0 Å². The summed E-state index contributed by atoms with van der Waals surface area (Å²) >= 11 is 3.08. The second-order valence-electron chi connectivity index (χ2n) is 10.0. The number of amides is 2. The summed E-state index contributed by atoms with van der Waals surface area (Å²) in [4.78, 5) is 34.2. The molecule has 0 aromatic heterocycles. The Morgan fingerprint density at radius 3 is 1.23 bits per heavy atom. The maximum atomic E-state index is 11.8. The summed E-state index contributed by atoms with van der Waals surface area (Å²) in [6, 6.07) is -0.107. The molecule has 0 fully saturated rings. The van der Waals surface area contributed by atoms with Crippen molar-refractivity contribution >= 4 is 33.5 Å². The average molecular weight is 747 g/mol. The number of Topliss-reactive ketones (excluding diaryl/α,β-unsaturated/α-hetero) is 1. The molecule has 278 valence electrons. The minimum absolute atomic E-state index is 0.0405. The number of halogens is 1. The first kappa shape index (κ1) is 45.7. The van der Waals surface area contributed by atoms with E-state index in [0.717, 1.165) is 19.3 Å². The molecule has 2 amide bonds. The summed E-state index contributed by atoms with van der Waals surface area (Å²) in [5.74, 6) is 0.0348. The van der Waals surface area contributed by atoms with Gasteiger partial charge in [0.2, 0.25) is 11.8 Å². The van der Waals surface area contributed by atoms with Gasteiger partial charge in [0.25, 0.3) is 0 Å². The molecular formula is C31H60BrN3O12. The number of ether oxygens (including phenoxy) is 9. The van der Waals surface area contributed by atoms with Gasteiger partial charge < -0.3 is 58.6 Å². The third-order valence-corrected chi connectivity index (χ3v) is 6.73. The van der Waals surface area contributed by atoms with E-state index in [2.05, 4.69) is 31.9 Å². The number of hydrogen-bond acceptors (Lipinski definition) is 13. The summed E-state index contributed by atoms with van der Waals surface area (Å²) in [7, 11) is 1.78. The molecule has 0 saturated carbocycles. The Hall–Kier alpha value is -1.31. The van der Waals surface area contributed by atoms with E-state index in [-0.39, 0.29) is 23.6 Å². The number of carbonyl (C=O) groups excluding carboxylic acids is 3. The molecule has 3 N–H and O–H groups in total. The van der Waals surface area contributed by atoms with Crippen molar-refractivity contribution in [1.82, 2.24) is 16.0 Å². The van der Waals surface area contributed by atoms with Crippen molar-refractivity contribution in [2.24, 2.45) is 0 Å². The molecule has 0 saturated heterocycles. The largest absolute Gasteiger partial charge is 0.379 e. The molecular weight excluding hydrogens is 686 g/mol. The van der Waals surface area contributed by atoms with Crippen LogP contribution in [0.1, 0.15) is 32.6 Å². The van der Waals surface area contributed by atoms with Gasteiger partial charge in [0.15, 0.2) is 0 Å². The first-order valence-corrected chi connectivity index (χ1v) is 17.6. The molecule has 1 atom stereocenters. The van der Waals surface area contributed by atoms with Crippen LogP contribution in [0, 0.1) is 0 Å². The topological polar surface area (TPSA) is 170 Å². The van der Waals surface area contributed by atoms with Gasteiger partial charge in [-0.25, -0.2) is 0 Å². The van der Waals surface area contributed by atoms with Crippen LogP contribution in [0.3, 0.4) is 0 Å². The zero-order valence-corrected chi connectivity index (χ0v) is 30.1. The standard InChI is InChI=1S/C31H60BrN3O12/c1-28(36)29(33-2)5-3-4-7-34-30(37)6-9-39-11-13-41-15-17-43-19-21-45-23-25-47-26-24-46-22-20-44-18-16-42-14-12-40-10-8-35-31(38)27-32/h29,33H,3-27H2,1-2H3,(H,34,37)(H,35,38)/t29-/m0/s1. The van der Waals surface area contributed by atoms with Crippen molar-refractivity contribution in [3.63, 3.8) is 0 Å². The number of carbonyl (C=O) groups is 3. The number of unbranched alkanes of at least 4 members (excludes halogenated alkanes) is 1. The molecule has 0 spiro atoms. The highest BCUT2D eigenvalue weighted by atomic mass is 79.9. The molecule has 0 unspecified atom stereocenters. The Morgan fingerprint density at radius 2 is 0.872 bits per heavy atom. The quantitative estimate of drug-likeness (QED) is 0.0591. The van der Waals surface area contributed by atoms with Gasteiger partial charge >= 0.3 is 0 Å². The van der Waals surface area contributed by atoms with Crippen molar-refractivity contribution in [3.8, 4) is 0 Å². The molecule has 0 aromatic carbocycles. The van der Waals surface area contributed by atoms with Crippen LogP contribution in [-0.4, -0.2) is 168 Å². The minimum Gasteiger partial charge on any atom is -0.379 e. The SMILES string of the molecule is CN[C@@H](CCCCNC(=O)CCOCCOCCOCCOCCOCCOCCOCCOCCOCCNC(=O)CBr)C(C)=O. The fourth-order valence-electron chi connectivity index (χ4n) is 3.68. The molecule has 0 aliphatic carbocycles. The zero-order chi connectivity index (χ0) is 34.5. The Bertz CT molecular complexity index is 727. The van der Waals surface area contributed by atoms with E-state index >= 15 is 0 Å². The Balaban J connectivity index is 3.17. The zero-order valence-electron chi connectivity index (χ0n) is 28.5. The van der Waals surface area contributed by atoms with E-state index in [9.17, 15) is 14.4 Å². The first-order chi connectivity index (χ1) is 23.0. The highest BCUT2D eigenvalue weighted by molar-refractivity contribution is 9.09. The van der Waals surface area contributed by atoms with E-state index in [1.165, 1.54) is 0 Å². The summed E-state index contributed by atoms with van der Waals surface area (Å²) in [5, 5.41) is 8.85. The highest BCUT2D eigenvalue weighted by Crippen LogP contribution is 2.01. The van der Waals surface area contributed by atoms with Crippen molar-refractivity contribution < 1.29 is 57.0 Å². The average Bonchev–Trinajstić information content (AvgIpc) is 3.06. The summed E-state index contributed by atoms with van der Waals surface area (Å²) in [6.45, 7) is 11.0. The van der Waals surface area contributed by atoms with Crippen molar-refractivity contribution in [2.45, 2.75) is 38.6 Å². The van der Waals surface area contributed by atoms with E-state index in [0.29, 0.717) is 144 Å². The van der Waals surface area contributed by atoms with Gasteiger partial charge in [-0.2, -0.15) is 0 Å². The van der Waals surface area contributed by atoms with Crippen molar-refractivity contribution in [1.29, 1.82) is 0 Å². The van der Waals surface area contributed by atoms with Crippen molar-refractivity contribution in [3.05, 3.63) is 0 Å². The normalized spacial score (nSPS) is 11.9. The molecule has 0 aliphatic rings. The van der Waals surface area contributed by atoms with Crippen molar-refractivity contribution in [2.75, 3.05) is 144 Å². The number of alkyl halides is 1. The summed E-state index contributed by atoms with van der Waals surface area (Å²) < 4.78 is 48.9. The molecule has 0 radical (unpaired) electrons. The predicted octanol–water partition coefficient (Wildman–Crippen LogP) is 0.501. The van der Waals surface area contributed by atoms with Gasteiger partial charge in [-0.1, -0.05) is 15.9 Å². The predicted molar refractivity (Wildman–Crippen MR) is 179 cm³/mol. The molecule has 0 aromatic rings. The van der Waals surface area contributed by atoms with Gasteiger partial charge in [0, 0.05) is 19.5 Å². The van der Waals surface area contributed by atoms with E-state index in [1.54, 1.807) is 14.0 Å². The van der Waals surface area contributed by atoms with Gasteiger partial charge in [-0.15, -0.1) is 0 Å². The third kappa shape index (κ3) is 35.8. The lowest BCUT2D eigenvalue weighted by Gasteiger charge is -2.12. The Labute approximate surface area is 289 Å². The summed E-state index contributed by atoms with van der Waals surface area (Å²) in [6.07, 6.45) is 2.80. The maximum Gasteiger partial charge on any atom is 0.230 e. The van der Waals surface area contributed by atoms with Gasteiger partial charge in [0.05, 0.1) is 130 Å². The molecule has 16 heteroatoms. The second kappa shape index (κ2) is 37.5. The lowest BCUT2D eigenvalue weighted by molar-refractivity contribution is -0.122. The second-order valence-corrected chi connectivity index (χ2v) is 10.6. The fourth-order valence-corrected chi connectivity index (χ4v) is 3.87. The molecule has 47 heavy (non-hydrogen) atoms. The smallest absolute Gasteiger partial charge is 0.230 e. The number of rotatable bonds is 38. The molecule has 0 rings (SSSR count). The van der Waals surface area contributed by atoms with E-state index in [4.69, 9.17) is 42.6 Å². The van der Waals surface area contributed by atoms with Crippen LogP contribution >= 0.6 is 15.9 Å². The Morgan fingerprint density at radius 1 is 0.511 bits per heavy atom. The van der Waals surface area contributed by atoms with Gasteiger partial charge in [-0.3, -0.25) is 14.4 Å². The van der Waals surface area contributed by atoms with Crippen LogP contribution in [-0.2, 0) is 57.0 Å².